The maximum Gasteiger partial charge on any atom is 0.241 e. The highest BCUT2D eigenvalue weighted by Gasteiger charge is 2.06. The Morgan fingerprint density at radius 2 is 1.79 bits per heavy atom. The number of aliphatic imine (C=N–C) groups is 1. The second-order valence-corrected chi connectivity index (χ2v) is 6.83. The Morgan fingerprint density at radius 3 is 2.45 bits per heavy atom. The molecule has 0 heterocycles. The van der Waals surface area contributed by atoms with E-state index in [4.69, 9.17) is 4.74 Å². The number of methoxy groups -OCH3 is 1. The number of benzene rings is 2. The first-order valence-corrected chi connectivity index (χ1v) is 9.38. The van der Waals surface area contributed by atoms with Crippen LogP contribution >= 0.6 is 24.0 Å². The lowest BCUT2D eigenvalue weighted by molar-refractivity contribution is -0.127. The molecule has 0 saturated carbocycles. The average Bonchev–Trinajstić information content (AvgIpc) is 2.69. The highest BCUT2D eigenvalue weighted by Crippen LogP contribution is 2.17. The number of nitrogens with one attached hydrogen (secondary N) is 2. The number of guanidine groups is 1. The number of amides is 1. The topological polar surface area (TPSA) is 66.0 Å². The van der Waals surface area contributed by atoms with Crippen molar-refractivity contribution in [2.45, 2.75) is 19.9 Å². The van der Waals surface area contributed by atoms with E-state index in [0.29, 0.717) is 12.5 Å². The highest BCUT2D eigenvalue weighted by molar-refractivity contribution is 14.0. The van der Waals surface area contributed by atoms with Gasteiger partial charge in [-0.2, -0.15) is 0 Å². The number of likely N-dealkylation sites (N-methyl/N-ethyl adjacent to an activating group) is 1. The Morgan fingerprint density at radius 1 is 1.07 bits per heavy atom. The molecule has 158 valence electrons. The predicted molar refractivity (Wildman–Crippen MR) is 129 cm³/mol. The third-order valence-electron chi connectivity index (χ3n) is 4.22. The Labute approximate surface area is 190 Å². The van der Waals surface area contributed by atoms with Crippen LogP contribution in [-0.2, 0) is 17.8 Å². The standard InChI is InChI=1S/C22H30N4O2.HI/c1-17-12-19(14-20(13-17)28-4)15-24-22(25-16-21(27)26(2)3)23-11-10-18-8-6-5-7-9-18;/h5-9,12-14H,10-11,15-16H2,1-4H3,(H2,23,24,25);1H. The van der Waals surface area contributed by atoms with Crippen molar-refractivity contribution in [2.75, 3.05) is 34.3 Å². The molecule has 2 rings (SSSR count). The van der Waals surface area contributed by atoms with Crippen molar-refractivity contribution in [2.24, 2.45) is 4.99 Å². The van der Waals surface area contributed by atoms with Gasteiger partial charge in [-0.3, -0.25) is 4.79 Å². The molecule has 0 radical (unpaired) electrons. The molecule has 0 aliphatic rings. The van der Waals surface area contributed by atoms with Crippen molar-refractivity contribution in [3.05, 3.63) is 65.2 Å². The number of carbonyl (C=O) groups excluding carboxylic acids is 1. The normalized spacial score (nSPS) is 10.7. The minimum Gasteiger partial charge on any atom is -0.497 e. The number of hydrogen-bond acceptors (Lipinski definition) is 3. The van der Waals surface area contributed by atoms with Crippen LogP contribution in [0.1, 0.15) is 16.7 Å². The molecule has 6 nitrogen and oxygen atoms in total. The van der Waals surface area contributed by atoms with Crippen molar-refractivity contribution >= 4 is 35.8 Å². The molecule has 0 spiro atoms. The molecule has 0 atom stereocenters. The number of hydrogen-bond donors (Lipinski definition) is 2. The fraction of sp³-hybridized carbons (Fsp3) is 0.364. The van der Waals surface area contributed by atoms with Gasteiger partial charge in [0.25, 0.3) is 0 Å². The van der Waals surface area contributed by atoms with Crippen LogP contribution < -0.4 is 15.4 Å². The molecule has 0 saturated heterocycles. The second kappa shape index (κ2) is 13.0. The Hall–Kier alpha value is -2.29. The summed E-state index contributed by atoms with van der Waals surface area (Å²) in [4.78, 5) is 18.1. The van der Waals surface area contributed by atoms with Crippen LogP contribution in [0.2, 0.25) is 0 Å². The van der Waals surface area contributed by atoms with E-state index in [0.717, 1.165) is 29.8 Å². The van der Waals surface area contributed by atoms with Gasteiger partial charge in [-0.1, -0.05) is 36.4 Å². The van der Waals surface area contributed by atoms with Crippen LogP contribution in [0.15, 0.2) is 53.5 Å². The number of aryl methyl sites for hydroxylation is 1. The average molecular weight is 510 g/mol. The van der Waals surface area contributed by atoms with E-state index in [1.807, 2.05) is 37.3 Å². The summed E-state index contributed by atoms with van der Waals surface area (Å²) in [5.74, 6) is 1.43. The minimum atomic E-state index is -0.00483. The summed E-state index contributed by atoms with van der Waals surface area (Å²) in [5, 5.41) is 6.43. The SMILES string of the molecule is COc1cc(C)cc(CN=C(NCCc2ccccc2)NCC(=O)N(C)C)c1.I. The van der Waals surface area contributed by atoms with Crippen molar-refractivity contribution in [3.8, 4) is 5.75 Å². The Kier molecular flexibility index (Phi) is 11.1. The van der Waals surface area contributed by atoms with Gasteiger partial charge in [0.1, 0.15) is 5.75 Å². The number of carbonyl (C=O) groups is 1. The lowest BCUT2D eigenvalue weighted by Gasteiger charge is -2.15. The van der Waals surface area contributed by atoms with Gasteiger partial charge < -0.3 is 20.3 Å². The highest BCUT2D eigenvalue weighted by atomic mass is 127. The maximum absolute atomic E-state index is 11.9. The molecule has 1 amide bonds. The van der Waals surface area contributed by atoms with Gasteiger partial charge in [-0.15, -0.1) is 24.0 Å². The molecule has 0 unspecified atom stereocenters. The molecule has 29 heavy (non-hydrogen) atoms. The molecule has 0 aliphatic heterocycles. The third-order valence-corrected chi connectivity index (χ3v) is 4.22. The largest absolute Gasteiger partial charge is 0.497 e. The quantitative estimate of drug-likeness (QED) is 0.326. The summed E-state index contributed by atoms with van der Waals surface area (Å²) < 4.78 is 5.33. The minimum absolute atomic E-state index is 0. The summed E-state index contributed by atoms with van der Waals surface area (Å²) in [6.07, 6.45) is 0.876. The van der Waals surface area contributed by atoms with Crippen LogP contribution in [0, 0.1) is 6.92 Å². The van der Waals surface area contributed by atoms with Gasteiger partial charge in [0.15, 0.2) is 5.96 Å². The number of rotatable bonds is 8. The van der Waals surface area contributed by atoms with Crippen molar-refractivity contribution < 1.29 is 9.53 Å². The second-order valence-electron chi connectivity index (χ2n) is 6.83. The molecule has 0 aromatic heterocycles. The van der Waals surface area contributed by atoms with E-state index in [1.54, 1.807) is 26.1 Å². The first-order valence-electron chi connectivity index (χ1n) is 9.38. The van der Waals surface area contributed by atoms with Gasteiger partial charge in [0, 0.05) is 20.6 Å². The molecule has 0 fully saturated rings. The summed E-state index contributed by atoms with van der Waals surface area (Å²) >= 11 is 0. The fourth-order valence-corrected chi connectivity index (χ4v) is 2.67. The van der Waals surface area contributed by atoms with Gasteiger partial charge in [0.05, 0.1) is 20.2 Å². The van der Waals surface area contributed by atoms with E-state index in [2.05, 4.69) is 33.8 Å². The lowest BCUT2D eigenvalue weighted by atomic mass is 10.1. The number of nitrogens with zero attached hydrogens (tertiary/aromatic N) is 2. The number of ether oxygens (including phenoxy) is 1. The molecular weight excluding hydrogens is 479 g/mol. The fourth-order valence-electron chi connectivity index (χ4n) is 2.67. The molecular formula is C22H31IN4O2. The van der Waals surface area contributed by atoms with E-state index < -0.39 is 0 Å². The van der Waals surface area contributed by atoms with Crippen molar-refractivity contribution in [1.29, 1.82) is 0 Å². The smallest absolute Gasteiger partial charge is 0.241 e. The summed E-state index contributed by atoms with van der Waals surface area (Å²) in [7, 11) is 5.14. The van der Waals surface area contributed by atoms with Gasteiger partial charge in [-0.05, 0) is 42.2 Å². The van der Waals surface area contributed by atoms with Crippen molar-refractivity contribution in [1.82, 2.24) is 15.5 Å². The Balaban J connectivity index is 0.00000420. The van der Waals surface area contributed by atoms with Crippen LogP contribution in [0.5, 0.6) is 5.75 Å². The van der Waals surface area contributed by atoms with Crippen LogP contribution in [-0.4, -0.2) is 51.1 Å². The van der Waals surface area contributed by atoms with E-state index in [1.165, 1.54) is 5.56 Å². The molecule has 2 aromatic rings. The summed E-state index contributed by atoms with van der Waals surface area (Å²) in [5.41, 5.74) is 3.43. The summed E-state index contributed by atoms with van der Waals surface area (Å²) in [6, 6.07) is 16.3. The molecule has 7 heteroatoms. The first kappa shape index (κ1) is 24.7. The molecule has 2 N–H and O–H groups in total. The lowest BCUT2D eigenvalue weighted by Crippen LogP contribution is -2.43. The third kappa shape index (κ3) is 9.17. The van der Waals surface area contributed by atoms with Gasteiger partial charge >= 0.3 is 0 Å². The molecule has 2 aromatic carbocycles. The molecule has 0 bridgehead atoms. The Bertz CT molecular complexity index is 795. The van der Waals surface area contributed by atoms with Gasteiger partial charge in [-0.25, -0.2) is 4.99 Å². The van der Waals surface area contributed by atoms with E-state index >= 15 is 0 Å². The zero-order valence-corrected chi connectivity index (χ0v) is 19.9. The summed E-state index contributed by atoms with van der Waals surface area (Å²) in [6.45, 7) is 3.45. The monoisotopic (exact) mass is 510 g/mol. The van der Waals surface area contributed by atoms with Crippen molar-refractivity contribution in [3.63, 3.8) is 0 Å². The molecule has 0 aliphatic carbocycles. The van der Waals surface area contributed by atoms with E-state index in [9.17, 15) is 4.79 Å². The first-order chi connectivity index (χ1) is 13.5. The van der Waals surface area contributed by atoms with E-state index in [-0.39, 0.29) is 36.4 Å². The predicted octanol–water partition coefficient (Wildman–Crippen LogP) is 2.99. The maximum atomic E-state index is 11.9. The van der Waals surface area contributed by atoms with Crippen LogP contribution in [0.25, 0.3) is 0 Å². The zero-order valence-electron chi connectivity index (χ0n) is 17.6. The number of halogens is 1. The zero-order chi connectivity index (χ0) is 20.4. The van der Waals surface area contributed by atoms with Crippen LogP contribution in [0.3, 0.4) is 0 Å². The van der Waals surface area contributed by atoms with Gasteiger partial charge in [0.2, 0.25) is 5.91 Å². The van der Waals surface area contributed by atoms with Crippen LogP contribution in [0.4, 0.5) is 0 Å².